The summed E-state index contributed by atoms with van der Waals surface area (Å²) >= 11 is 5.82. The van der Waals surface area contributed by atoms with Gasteiger partial charge in [0.15, 0.2) is 0 Å². The van der Waals surface area contributed by atoms with Crippen LogP contribution < -0.4 is 5.73 Å². The Morgan fingerprint density at radius 3 is 2.63 bits per heavy atom. The van der Waals surface area contributed by atoms with E-state index in [0.29, 0.717) is 11.6 Å². The number of benzene rings is 1. The fourth-order valence-electron chi connectivity index (χ4n) is 2.06. The van der Waals surface area contributed by atoms with E-state index in [1.165, 1.54) is 12.1 Å². The van der Waals surface area contributed by atoms with Crippen LogP contribution >= 0.6 is 11.6 Å². The molecule has 2 rings (SSSR count). The summed E-state index contributed by atoms with van der Waals surface area (Å²) in [4.78, 5) is 0.167. The van der Waals surface area contributed by atoms with Gasteiger partial charge in [0.05, 0.1) is 5.69 Å². The van der Waals surface area contributed by atoms with Crippen LogP contribution in [0, 0.1) is 0 Å². The van der Waals surface area contributed by atoms with E-state index in [-0.39, 0.29) is 16.6 Å². The van der Waals surface area contributed by atoms with E-state index in [1.54, 1.807) is 10.4 Å². The van der Waals surface area contributed by atoms with E-state index in [1.807, 2.05) is 6.92 Å². The number of nitrogens with two attached hydrogens (primary N) is 1. The number of anilines is 1. The lowest BCUT2D eigenvalue weighted by atomic mass is 10.3. The van der Waals surface area contributed by atoms with Crippen molar-refractivity contribution < 1.29 is 8.42 Å². The summed E-state index contributed by atoms with van der Waals surface area (Å²) in [5.41, 5.74) is 6.02. The van der Waals surface area contributed by atoms with Gasteiger partial charge in [-0.05, 0) is 37.5 Å². The maximum Gasteiger partial charge on any atom is 0.245 e. The Balaban J connectivity index is 2.33. The van der Waals surface area contributed by atoms with Gasteiger partial charge in [-0.1, -0.05) is 24.9 Å². The van der Waals surface area contributed by atoms with Gasteiger partial charge in [-0.2, -0.15) is 4.31 Å². The van der Waals surface area contributed by atoms with E-state index in [9.17, 15) is 8.42 Å². The molecule has 1 fully saturated rings. The number of halogens is 1. The van der Waals surface area contributed by atoms with Crippen molar-refractivity contribution >= 4 is 27.3 Å². The van der Waals surface area contributed by atoms with Gasteiger partial charge in [0.25, 0.3) is 0 Å². The first kappa shape index (κ1) is 14.6. The van der Waals surface area contributed by atoms with E-state index in [0.717, 1.165) is 25.7 Å². The first-order chi connectivity index (χ1) is 8.96. The number of nitrogen functional groups attached to an aromatic ring is 1. The van der Waals surface area contributed by atoms with E-state index in [2.05, 4.69) is 0 Å². The molecule has 0 saturated heterocycles. The molecule has 1 aromatic rings. The molecule has 106 valence electrons. The van der Waals surface area contributed by atoms with E-state index >= 15 is 0 Å². The second-order valence-electron chi connectivity index (χ2n) is 4.88. The van der Waals surface area contributed by atoms with Gasteiger partial charge in [0, 0.05) is 17.6 Å². The molecule has 0 atom stereocenters. The zero-order valence-corrected chi connectivity index (χ0v) is 12.5. The van der Waals surface area contributed by atoms with Crippen molar-refractivity contribution in [2.45, 2.75) is 43.5 Å². The average molecular weight is 303 g/mol. The molecule has 0 aromatic heterocycles. The van der Waals surface area contributed by atoms with Crippen LogP contribution in [-0.4, -0.2) is 25.3 Å². The van der Waals surface area contributed by atoms with Crippen LogP contribution in [0.1, 0.15) is 32.6 Å². The van der Waals surface area contributed by atoms with Gasteiger partial charge in [-0.3, -0.25) is 0 Å². The van der Waals surface area contributed by atoms with E-state index < -0.39 is 10.0 Å². The Bertz CT molecular complexity index is 556. The Morgan fingerprint density at radius 2 is 2.11 bits per heavy atom. The SMILES string of the molecule is CCCCN(C1CC1)S(=O)(=O)c1ccc(Cl)cc1N. The van der Waals surface area contributed by atoms with Gasteiger partial charge < -0.3 is 5.73 Å². The van der Waals surface area contributed by atoms with Gasteiger partial charge in [0.1, 0.15) is 4.90 Å². The highest BCUT2D eigenvalue weighted by atomic mass is 35.5. The molecule has 0 spiro atoms. The molecule has 0 heterocycles. The highest BCUT2D eigenvalue weighted by Crippen LogP contribution is 2.34. The van der Waals surface area contributed by atoms with Crippen LogP contribution in [0.5, 0.6) is 0 Å². The van der Waals surface area contributed by atoms with Gasteiger partial charge in [-0.25, -0.2) is 8.42 Å². The Kier molecular flexibility index (Phi) is 4.38. The van der Waals surface area contributed by atoms with Gasteiger partial charge in [0.2, 0.25) is 10.0 Å². The minimum atomic E-state index is -3.51. The molecule has 19 heavy (non-hydrogen) atoms. The van der Waals surface area contributed by atoms with Crippen molar-refractivity contribution in [1.29, 1.82) is 0 Å². The number of hydrogen-bond acceptors (Lipinski definition) is 3. The zero-order valence-electron chi connectivity index (χ0n) is 11.0. The summed E-state index contributed by atoms with van der Waals surface area (Å²) in [5.74, 6) is 0. The number of nitrogens with zero attached hydrogens (tertiary/aromatic N) is 1. The van der Waals surface area contributed by atoms with Crippen molar-refractivity contribution in [3.05, 3.63) is 23.2 Å². The lowest BCUT2D eigenvalue weighted by Crippen LogP contribution is -2.34. The molecular weight excluding hydrogens is 284 g/mol. The van der Waals surface area contributed by atoms with Gasteiger partial charge in [-0.15, -0.1) is 0 Å². The molecule has 1 aliphatic carbocycles. The van der Waals surface area contributed by atoms with Crippen LogP contribution in [-0.2, 0) is 10.0 Å². The minimum absolute atomic E-state index is 0.145. The largest absolute Gasteiger partial charge is 0.398 e. The van der Waals surface area contributed by atoms with Crippen molar-refractivity contribution in [3.63, 3.8) is 0 Å². The summed E-state index contributed by atoms with van der Waals surface area (Å²) < 4.78 is 26.9. The topological polar surface area (TPSA) is 63.4 Å². The van der Waals surface area contributed by atoms with Gasteiger partial charge >= 0.3 is 0 Å². The Labute approximate surface area is 119 Å². The normalized spacial score (nSPS) is 15.9. The standard InChI is InChI=1S/C13H19ClN2O2S/c1-2-3-8-16(11-5-6-11)19(17,18)13-7-4-10(14)9-12(13)15/h4,7,9,11H,2-3,5-6,8,15H2,1H3. The number of rotatable bonds is 6. The minimum Gasteiger partial charge on any atom is -0.398 e. The summed E-state index contributed by atoms with van der Waals surface area (Å²) in [6.07, 6.45) is 3.71. The van der Waals surface area contributed by atoms with Crippen molar-refractivity contribution in [1.82, 2.24) is 4.31 Å². The molecule has 0 aliphatic heterocycles. The highest BCUT2D eigenvalue weighted by molar-refractivity contribution is 7.89. The smallest absolute Gasteiger partial charge is 0.245 e. The summed E-state index contributed by atoms with van der Waals surface area (Å²) in [6, 6.07) is 4.69. The predicted octanol–water partition coefficient (Wildman–Crippen LogP) is 2.88. The summed E-state index contributed by atoms with van der Waals surface area (Å²) in [7, 11) is -3.51. The molecule has 0 radical (unpaired) electrons. The molecule has 0 bridgehead atoms. The molecule has 4 nitrogen and oxygen atoms in total. The third-order valence-electron chi connectivity index (χ3n) is 3.24. The number of unbranched alkanes of at least 4 members (excludes halogenated alkanes) is 1. The van der Waals surface area contributed by atoms with Crippen LogP contribution in [0.2, 0.25) is 5.02 Å². The fourth-order valence-corrected chi connectivity index (χ4v) is 4.06. The summed E-state index contributed by atoms with van der Waals surface area (Å²) in [5, 5.41) is 0.447. The summed E-state index contributed by atoms with van der Waals surface area (Å²) in [6.45, 7) is 2.61. The monoisotopic (exact) mass is 302 g/mol. The van der Waals surface area contributed by atoms with E-state index in [4.69, 9.17) is 17.3 Å². The molecule has 1 aromatic carbocycles. The van der Waals surface area contributed by atoms with Crippen molar-refractivity contribution in [2.75, 3.05) is 12.3 Å². The highest BCUT2D eigenvalue weighted by Gasteiger charge is 2.38. The third-order valence-corrected chi connectivity index (χ3v) is 5.51. The average Bonchev–Trinajstić information content (AvgIpc) is 3.13. The molecule has 0 unspecified atom stereocenters. The third kappa shape index (κ3) is 3.22. The van der Waals surface area contributed by atoms with Crippen molar-refractivity contribution in [3.8, 4) is 0 Å². The maximum absolute atomic E-state index is 12.7. The molecule has 2 N–H and O–H groups in total. The molecule has 6 heteroatoms. The second-order valence-corrected chi connectivity index (χ2v) is 7.18. The molecule has 0 amide bonds. The maximum atomic E-state index is 12.7. The van der Waals surface area contributed by atoms with Crippen LogP contribution in [0.3, 0.4) is 0 Å². The first-order valence-electron chi connectivity index (χ1n) is 6.53. The molecular formula is C13H19ClN2O2S. The first-order valence-corrected chi connectivity index (χ1v) is 8.35. The predicted molar refractivity (Wildman–Crippen MR) is 77.7 cm³/mol. The zero-order chi connectivity index (χ0) is 14.0. The molecule has 1 aliphatic rings. The second kappa shape index (κ2) is 5.69. The van der Waals surface area contributed by atoms with Crippen LogP contribution in [0.15, 0.2) is 23.1 Å². The lowest BCUT2D eigenvalue weighted by molar-refractivity contribution is 0.396. The van der Waals surface area contributed by atoms with Crippen molar-refractivity contribution in [2.24, 2.45) is 0 Å². The quantitative estimate of drug-likeness (QED) is 0.822. The number of hydrogen-bond donors (Lipinski definition) is 1. The van der Waals surface area contributed by atoms with Crippen LogP contribution in [0.4, 0.5) is 5.69 Å². The van der Waals surface area contributed by atoms with Crippen LogP contribution in [0.25, 0.3) is 0 Å². The Hall–Kier alpha value is -0.780. The number of sulfonamides is 1. The molecule has 1 saturated carbocycles. The fraction of sp³-hybridized carbons (Fsp3) is 0.538. The Morgan fingerprint density at radius 1 is 1.42 bits per heavy atom. The lowest BCUT2D eigenvalue weighted by Gasteiger charge is -2.22.